The molecule has 3 N–H and O–H groups in total. The third-order valence-electron chi connectivity index (χ3n) is 3.44. The number of aliphatic carboxylic acids is 2. The van der Waals surface area contributed by atoms with Crippen LogP contribution in [-0.4, -0.2) is 77.1 Å². The molecule has 0 bridgehead atoms. The summed E-state index contributed by atoms with van der Waals surface area (Å²) in [4.78, 5) is 47.5. The zero-order chi connectivity index (χ0) is 16.2. The highest BCUT2D eigenvalue weighted by molar-refractivity contribution is 5.87. The van der Waals surface area contributed by atoms with Gasteiger partial charge in [0.2, 0.25) is 5.91 Å². The summed E-state index contributed by atoms with van der Waals surface area (Å²) in [7, 11) is 1.50. The normalized spacial score (nSPS) is 21.0. The van der Waals surface area contributed by atoms with Crippen molar-refractivity contribution in [3.63, 3.8) is 0 Å². The monoisotopic (exact) mass is 301 g/mol. The van der Waals surface area contributed by atoms with Crippen molar-refractivity contribution < 1.29 is 29.4 Å². The zero-order valence-corrected chi connectivity index (χ0v) is 12.0. The molecular formula is C12H19N3O6. The SMILES string of the molecule is CNC(=O)C1(C)CCN(C(=O)N(CC(=O)O)CC(=O)O)C1. The maximum Gasteiger partial charge on any atom is 0.323 e. The number of carboxylic acids is 2. The predicted molar refractivity (Wildman–Crippen MR) is 70.6 cm³/mol. The van der Waals surface area contributed by atoms with Crippen molar-refractivity contribution in [1.82, 2.24) is 15.1 Å². The first-order valence-electron chi connectivity index (χ1n) is 6.39. The van der Waals surface area contributed by atoms with Crippen molar-refractivity contribution in [3.05, 3.63) is 0 Å². The molecule has 9 heteroatoms. The number of hydrogen-bond acceptors (Lipinski definition) is 4. The van der Waals surface area contributed by atoms with E-state index < -0.39 is 36.5 Å². The van der Waals surface area contributed by atoms with E-state index in [1.165, 1.54) is 11.9 Å². The standard InChI is InChI=1S/C12H19N3O6/c1-12(10(20)13-2)3-4-14(7-12)11(21)15(5-8(16)17)6-9(18)19/h3-7H2,1-2H3,(H,13,20)(H,16,17)(H,18,19). The summed E-state index contributed by atoms with van der Waals surface area (Å²) in [5.41, 5.74) is -0.747. The maximum absolute atomic E-state index is 12.2. The second-order valence-corrected chi connectivity index (χ2v) is 5.24. The smallest absolute Gasteiger partial charge is 0.323 e. The fraction of sp³-hybridized carbons (Fsp3) is 0.667. The Bertz CT molecular complexity index is 450. The number of carboxylic acid groups (broad SMARTS) is 2. The van der Waals surface area contributed by atoms with Gasteiger partial charge in [0.15, 0.2) is 0 Å². The van der Waals surface area contributed by atoms with Gasteiger partial charge in [-0.05, 0) is 13.3 Å². The summed E-state index contributed by atoms with van der Waals surface area (Å²) in [6.45, 7) is 0.716. The molecule has 1 unspecified atom stereocenters. The second kappa shape index (κ2) is 6.42. The van der Waals surface area contributed by atoms with Gasteiger partial charge in [-0.1, -0.05) is 0 Å². The maximum atomic E-state index is 12.2. The summed E-state index contributed by atoms with van der Waals surface area (Å²) in [5, 5.41) is 20.0. The van der Waals surface area contributed by atoms with Crippen molar-refractivity contribution in [2.24, 2.45) is 5.41 Å². The summed E-state index contributed by atoms with van der Waals surface area (Å²) in [6.07, 6.45) is 0.437. The van der Waals surface area contributed by atoms with E-state index in [0.717, 1.165) is 4.90 Å². The number of amides is 3. The van der Waals surface area contributed by atoms with Gasteiger partial charge in [-0.15, -0.1) is 0 Å². The predicted octanol–water partition coefficient (Wildman–Crippen LogP) is -0.964. The third kappa shape index (κ3) is 4.07. The van der Waals surface area contributed by atoms with Gasteiger partial charge in [0, 0.05) is 20.1 Å². The molecule has 0 saturated carbocycles. The minimum Gasteiger partial charge on any atom is -0.480 e. The van der Waals surface area contributed by atoms with E-state index in [2.05, 4.69) is 5.32 Å². The molecule has 118 valence electrons. The molecule has 0 aliphatic carbocycles. The average molecular weight is 301 g/mol. The van der Waals surface area contributed by atoms with Crippen molar-refractivity contribution in [2.75, 3.05) is 33.2 Å². The molecule has 1 saturated heterocycles. The minimum atomic E-state index is -1.29. The average Bonchev–Trinajstić information content (AvgIpc) is 2.79. The van der Waals surface area contributed by atoms with Crippen LogP contribution >= 0.6 is 0 Å². The molecule has 1 rings (SSSR count). The van der Waals surface area contributed by atoms with Crippen LogP contribution in [0, 0.1) is 5.41 Å². The number of rotatable bonds is 5. The van der Waals surface area contributed by atoms with Gasteiger partial charge in [-0.3, -0.25) is 14.4 Å². The molecule has 0 spiro atoms. The van der Waals surface area contributed by atoms with E-state index in [1.807, 2.05) is 0 Å². The molecule has 21 heavy (non-hydrogen) atoms. The van der Waals surface area contributed by atoms with Crippen molar-refractivity contribution in [2.45, 2.75) is 13.3 Å². The van der Waals surface area contributed by atoms with Crippen LogP contribution in [0.15, 0.2) is 0 Å². The highest BCUT2D eigenvalue weighted by Crippen LogP contribution is 2.30. The molecule has 0 radical (unpaired) electrons. The molecule has 1 aliphatic rings. The van der Waals surface area contributed by atoms with Gasteiger partial charge < -0.3 is 25.3 Å². The first-order chi connectivity index (χ1) is 9.69. The van der Waals surface area contributed by atoms with Crippen LogP contribution in [0.1, 0.15) is 13.3 Å². The highest BCUT2D eigenvalue weighted by Gasteiger charge is 2.42. The molecular weight excluding hydrogens is 282 g/mol. The molecule has 3 amide bonds. The largest absolute Gasteiger partial charge is 0.480 e. The van der Waals surface area contributed by atoms with E-state index in [-0.39, 0.29) is 19.0 Å². The quantitative estimate of drug-likeness (QED) is 0.600. The highest BCUT2D eigenvalue weighted by atomic mass is 16.4. The molecule has 9 nitrogen and oxygen atoms in total. The summed E-state index contributed by atoms with van der Waals surface area (Å²) in [6, 6.07) is -0.688. The lowest BCUT2D eigenvalue weighted by Gasteiger charge is -2.27. The van der Waals surface area contributed by atoms with Crippen molar-refractivity contribution in [3.8, 4) is 0 Å². The van der Waals surface area contributed by atoms with Gasteiger partial charge in [0.1, 0.15) is 13.1 Å². The number of urea groups is 1. The Hall–Kier alpha value is -2.32. The van der Waals surface area contributed by atoms with Crippen LogP contribution in [0.2, 0.25) is 0 Å². The Morgan fingerprint density at radius 3 is 2.14 bits per heavy atom. The Morgan fingerprint density at radius 2 is 1.71 bits per heavy atom. The van der Waals surface area contributed by atoms with Gasteiger partial charge in [0.25, 0.3) is 0 Å². The summed E-state index contributed by atoms with van der Waals surface area (Å²) < 4.78 is 0. The van der Waals surface area contributed by atoms with Gasteiger partial charge in [0.05, 0.1) is 5.41 Å². The number of carbonyl (C=O) groups excluding carboxylic acids is 2. The number of nitrogens with zero attached hydrogens (tertiary/aromatic N) is 2. The van der Waals surface area contributed by atoms with Crippen LogP contribution in [0.3, 0.4) is 0 Å². The Balaban J connectivity index is 2.79. The number of hydrogen-bond donors (Lipinski definition) is 3. The molecule has 0 aromatic rings. The van der Waals surface area contributed by atoms with Gasteiger partial charge >= 0.3 is 18.0 Å². The zero-order valence-electron chi connectivity index (χ0n) is 12.0. The fourth-order valence-electron chi connectivity index (χ4n) is 2.33. The summed E-state index contributed by atoms with van der Waals surface area (Å²) >= 11 is 0. The summed E-state index contributed by atoms with van der Waals surface area (Å²) in [5.74, 6) is -2.79. The molecule has 1 fully saturated rings. The van der Waals surface area contributed by atoms with Gasteiger partial charge in [-0.25, -0.2) is 4.79 Å². The lowest BCUT2D eigenvalue weighted by atomic mass is 9.89. The van der Waals surface area contributed by atoms with E-state index in [9.17, 15) is 19.2 Å². The molecule has 0 aromatic heterocycles. The van der Waals surface area contributed by atoms with Crippen molar-refractivity contribution >= 4 is 23.9 Å². The lowest BCUT2D eigenvalue weighted by molar-refractivity contribution is -0.141. The van der Waals surface area contributed by atoms with E-state index >= 15 is 0 Å². The third-order valence-corrected chi connectivity index (χ3v) is 3.44. The second-order valence-electron chi connectivity index (χ2n) is 5.24. The first kappa shape index (κ1) is 16.7. The van der Waals surface area contributed by atoms with E-state index in [1.54, 1.807) is 6.92 Å². The number of nitrogens with one attached hydrogen (secondary N) is 1. The first-order valence-corrected chi connectivity index (χ1v) is 6.39. The lowest BCUT2D eigenvalue weighted by Crippen LogP contribution is -2.48. The Morgan fingerprint density at radius 1 is 1.19 bits per heavy atom. The van der Waals surface area contributed by atoms with Crippen LogP contribution in [0.25, 0.3) is 0 Å². The fourth-order valence-corrected chi connectivity index (χ4v) is 2.33. The van der Waals surface area contributed by atoms with E-state index in [0.29, 0.717) is 6.42 Å². The molecule has 1 atom stereocenters. The Labute approximate surface area is 121 Å². The van der Waals surface area contributed by atoms with Gasteiger partial charge in [-0.2, -0.15) is 0 Å². The topological polar surface area (TPSA) is 127 Å². The van der Waals surface area contributed by atoms with Crippen LogP contribution in [0.5, 0.6) is 0 Å². The van der Waals surface area contributed by atoms with E-state index in [4.69, 9.17) is 10.2 Å². The molecule has 1 aliphatic heterocycles. The minimum absolute atomic E-state index is 0.126. The molecule has 1 heterocycles. The van der Waals surface area contributed by atoms with Crippen LogP contribution in [-0.2, 0) is 14.4 Å². The van der Waals surface area contributed by atoms with Crippen LogP contribution < -0.4 is 5.32 Å². The number of carbonyl (C=O) groups is 4. The molecule has 0 aromatic carbocycles. The van der Waals surface area contributed by atoms with Crippen LogP contribution in [0.4, 0.5) is 4.79 Å². The Kier molecular flexibility index (Phi) is 5.12. The number of likely N-dealkylation sites (tertiary alicyclic amines) is 1. The van der Waals surface area contributed by atoms with Crippen molar-refractivity contribution in [1.29, 1.82) is 0 Å².